The monoisotopic (exact) mass is 1650 g/mol. The molecule has 0 spiro atoms. The van der Waals surface area contributed by atoms with E-state index >= 15 is 0 Å². The van der Waals surface area contributed by atoms with Gasteiger partial charge in [0.2, 0.25) is 23.6 Å². The second-order valence-electron chi connectivity index (χ2n) is 27.5. The van der Waals surface area contributed by atoms with Gasteiger partial charge in [-0.1, -0.05) is 34.7 Å². The number of aromatic nitrogens is 12. The van der Waals surface area contributed by atoms with E-state index in [4.69, 9.17) is 56.8 Å². The molecule has 4 saturated heterocycles. The summed E-state index contributed by atoms with van der Waals surface area (Å²) >= 11 is 0. The van der Waals surface area contributed by atoms with Gasteiger partial charge in [-0.05, 0) is 19.4 Å². The molecular weight excluding hydrogens is 1540 g/mol. The summed E-state index contributed by atoms with van der Waals surface area (Å²) in [6.07, 6.45) is -13.7. The van der Waals surface area contributed by atoms with Crippen molar-refractivity contribution in [2.24, 2.45) is 0 Å². The van der Waals surface area contributed by atoms with Crippen molar-refractivity contribution >= 4 is 29.6 Å². The summed E-state index contributed by atoms with van der Waals surface area (Å²) in [6.45, 7) is 4.52. The van der Waals surface area contributed by atoms with Crippen LogP contribution in [0.3, 0.4) is 0 Å². The summed E-state index contributed by atoms with van der Waals surface area (Å²) in [4.78, 5) is 64.8. The third kappa shape index (κ3) is 29.4. The highest BCUT2D eigenvalue weighted by atomic mass is 16.7. The van der Waals surface area contributed by atoms with Crippen LogP contribution in [0, 0.1) is 0 Å². The first kappa shape index (κ1) is 95.0. The van der Waals surface area contributed by atoms with E-state index in [1.165, 1.54) is 37.1 Å². The Morgan fingerprint density at radius 1 is 0.400 bits per heavy atom. The smallest absolute Gasteiger partial charge is 0.320 e. The number of hydrogen-bond acceptors (Lipinski definition) is 39. The van der Waals surface area contributed by atoms with Crippen LogP contribution in [0.15, 0.2) is 24.8 Å². The van der Waals surface area contributed by atoms with Crippen LogP contribution >= 0.6 is 0 Å². The fourth-order valence-electron chi connectivity index (χ4n) is 13.0. The summed E-state index contributed by atoms with van der Waals surface area (Å²) in [5, 5.41) is 179. The number of aliphatic carboxylic acids is 1. The average Bonchev–Trinajstić information content (AvgIpc) is 1.57. The second kappa shape index (κ2) is 48.7. The van der Waals surface area contributed by atoms with E-state index < -0.39 is 185 Å². The van der Waals surface area contributed by atoms with Crippen molar-refractivity contribution in [3.63, 3.8) is 0 Å². The van der Waals surface area contributed by atoms with Gasteiger partial charge in [-0.2, -0.15) is 0 Å². The lowest BCUT2D eigenvalue weighted by molar-refractivity contribution is -0.272. The molecule has 0 saturated carbocycles. The van der Waals surface area contributed by atoms with Crippen molar-refractivity contribution < 1.29 is 147 Å². The first-order valence-electron chi connectivity index (χ1n) is 37.4. The molecule has 0 aromatic carbocycles. The van der Waals surface area contributed by atoms with Gasteiger partial charge >= 0.3 is 5.97 Å². The molecule has 0 radical (unpaired) electrons. The minimum absolute atomic E-state index is 0. The summed E-state index contributed by atoms with van der Waals surface area (Å²) in [5.74, 6) is -3.18. The van der Waals surface area contributed by atoms with Crippen LogP contribution in [0.4, 0.5) is 0 Å². The van der Waals surface area contributed by atoms with Crippen LogP contribution in [0.5, 0.6) is 0 Å². The van der Waals surface area contributed by atoms with Gasteiger partial charge in [-0.25, -0.2) is 18.7 Å². The zero-order valence-electron chi connectivity index (χ0n) is 63.7. The zero-order valence-corrected chi connectivity index (χ0v) is 63.7. The first-order chi connectivity index (χ1) is 54.8. The molecule has 4 aromatic rings. The number of carboxylic acid groups (broad SMARTS) is 1. The molecule has 8 heterocycles. The molecule has 0 bridgehead atoms. The maximum absolute atomic E-state index is 13.6. The van der Waals surface area contributed by atoms with E-state index in [0.29, 0.717) is 42.2 Å². The predicted molar refractivity (Wildman–Crippen MR) is 384 cm³/mol. The number of aliphatic hydroxyl groups is 12. The van der Waals surface area contributed by atoms with Crippen molar-refractivity contribution in [3.8, 4) is 0 Å². The standard InChI is InChI=1S/C66H110N18O30.CH4/c1-37(89)67-50-58(97)54(93)46(33-85)111-63(50)107-21-17-103-13-9-81-29-41(71-75-81)25-79(26-42-30-82(76-72-42)10-14-104-18-22-108-64-51(68-38(2)90)59(98)55(94)47(34-86)112-64)8-6-5-7-45(62(101)102)80(27-43-31-83(77-73-43)11-15-105-19-23-109-65-52(69-39(3)91)60(99)56(95)48(35-87)113-65)28-44-32-84(78-74-44)12-16-106-20-24-110-66-53(70-40(4)92)61(100)57(96)49(36-88)114-66;/h29-32,45-61,63-66,85-88,93-100H,5-28,33-36H2,1-4H3,(H,67,89)(H,68,90)(H,69,91)(H,70,92)(H,101,102);1H4/t45-,46?,47?,48?,49?,50?,51?,52?,53?,54?,55?,56?,57?,58?,59?,60?,61?,63?,64?,65?,66?;/m0./s1. The molecule has 4 fully saturated rings. The Morgan fingerprint density at radius 2 is 0.661 bits per heavy atom. The maximum atomic E-state index is 13.6. The first-order valence-corrected chi connectivity index (χ1v) is 37.4. The van der Waals surface area contributed by atoms with Gasteiger partial charge in [-0.15, -0.1) is 20.4 Å². The fraction of sp³-hybridized carbons (Fsp3) is 0.806. The predicted octanol–water partition coefficient (Wildman–Crippen LogP) is -10.1. The summed E-state index contributed by atoms with van der Waals surface area (Å²) in [7, 11) is 0. The van der Waals surface area contributed by atoms with E-state index in [1.54, 1.807) is 39.1 Å². The number of rotatable bonds is 51. The lowest BCUT2D eigenvalue weighted by Gasteiger charge is -2.42. The Kier molecular flexibility index (Phi) is 40.2. The van der Waals surface area contributed by atoms with E-state index in [0.717, 1.165) is 0 Å². The molecule has 17 N–H and O–H groups in total. The number of ether oxygens (including phenoxy) is 12. The molecule has 48 nitrogen and oxygen atoms in total. The highest BCUT2D eigenvalue weighted by molar-refractivity contribution is 5.75. The van der Waals surface area contributed by atoms with Gasteiger partial charge < -0.3 is 144 Å². The van der Waals surface area contributed by atoms with Crippen LogP contribution in [-0.4, -0.2) is 407 Å². The number of carbonyl (C=O) groups is 5. The summed E-state index contributed by atoms with van der Waals surface area (Å²) in [5.41, 5.74) is 1.91. The normalized spacial score (nSPS) is 28.0. The molecule has 8 rings (SSSR count). The lowest BCUT2D eigenvalue weighted by atomic mass is 9.97. The number of amides is 4. The van der Waals surface area contributed by atoms with E-state index in [1.807, 2.05) is 4.90 Å². The molecule has 21 atom stereocenters. The second-order valence-corrected chi connectivity index (χ2v) is 27.5. The quantitative estimate of drug-likeness (QED) is 0.0183. The lowest BCUT2D eigenvalue weighted by Crippen LogP contribution is -2.64. The molecule has 20 unspecified atom stereocenters. The largest absolute Gasteiger partial charge is 0.480 e. The molecule has 4 aromatic heterocycles. The number of unbranched alkanes of at least 4 members (excludes halogenated alkanes) is 1. The topological polar surface area (TPSA) is 637 Å². The third-order valence-electron chi connectivity index (χ3n) is 18.7. The fourth-order valence-corrected chi connectivity index (χ4v) is 13.0. The highest BCUT2D eigenvalue weighted by Gasteiger charge is 2.49. The van der Waals surface area contributed by atoms with Crippen LogP contribution < -0.4 is 21.3 Å². The Bertz CT molecular complexity index is 3290. The van der Waals surface area contributed by atoms with Gasteiger partial charge in [-0.3, -0.25) is 33.8 Å². The molecule has 0 aliphatic carbocycles. The van der Waals surface area contributed by atoms with Crippen molar-refractivity contribution in [2.75, 3.05) is 112 Å². The number of nitrogens with one attached hydrogen (secondary N) is 4. The Morgan fingerprint density at radius 3 is 0.904 bits per heavy atom. The summed E-state index contributed by atoms with van der Waals surface area (Å²) < 4.78 is 74.8. The molecule has 115 heavy (non-hydrogen) atoms. The molecule has 48 heteroatoms. The molecule has 4 aliphatic heterocycles. The number of nitrogens with zero attached hydrogens (tertiary/aromatic N) is 14. The third-order valence-corrected chi connectivity index (χ3v) is 18.7. The minimum atomic E-state index is -1.50. The molecular formula is C67H114N18O30. The Balaban J connectivity index is 0.0000183. The minimum Gasteiger partial charge on any atom is -0.480 e. The van der Waals surface area contributed by atoms with Crippen LogP contribution in [0.25, 0.3) is 0 Å². The van der Waals surface area contributed by atoms with Crippen molar-refractivity contribution in [3.05, 3.63) is 47.6 Å². The van der Waals surface area contributed by atoms with Gasteiger partial charge in [0.1, 0.15) is 103 Å². The van der Waals surface area contributed by atoms with Crippen molar-refractivity contribution in [1.82, 2.24) is 91.0 Å². The zero-order chi connectivity index (χ0) is 82.4. The van der Waals surface area contributed by atoms with Gasteiger partial charge in [0.15, 0.2) is 25.2 Å². The maximum Gasteiger partial charge on any atom is 0.320 e. The average molecular weight is 1650 g/mol. The summed E-state index contributed by atoms with van der Waals surface area (Å²) in [6, 6.07) is -5.67. The van der Waals surface area contributed by atoms with Crippen LogP contribution in [-0.2, 0) is 133 Å². The number of carboxylic acids is 1. The van der Waals surface area contributed by atoms with Crippen LogP contribution in [0.1, 0.15) is 77.2 Å². The Hall–Kier alpha value is -7.13. The SMILES string of the molecule is C.CC(=O)NC1C(OCCOCCn2cc(CN(CCCC[C@@H](C(=O)O)N(Cc3cn(CCOCCOC4OC(CO)C(O)C(O)C4NC(C)=O)nn3)Cc3cn(CCOCCOC4OC(CO)C(O)C(O)C4NC(C)=O)nn3)Cc3cn(CCOCCOC4OC(CO)C(O)C(O)C4NC(C)=O)nn3)nn2)OC(CO)C(O)C1O. The van der Waals surface area contributed by atoms with E-state index in [-0.39, 0.29) is 145 Å². The van der Waals surface area contributed by atoms with E-state index in [2.05, 4.69) is 62.5 Å². The van der Waals surface area contributed by atoms with Crippen molar-refractivity contribution in [2.45, 2.75) is 235 Å². The Labute approximate surface area is 661 Å². The molecule has 652 valence electrons. The van der Waals surface area contributed by atoms with Crippen LogP contribution in [0.2, 0.25) is 0 Å². The van der Waals surface area contributed by atoms with Crippen molar-refractivity contribution in [1.29, 1.82) is 0 Å². The molecule has 4 aliphatic rings. The van der Waals surface area contributed by atoms with Gasteiger partial charge in [0, 0.05) is 78.7 Å². The van der Waals surface area contributed by atoms with Gasteiger partial charge in [0.25, 0.3) is 0 Å². The number of aliphatic hydroxyl groups excluding tert-OH is 12. The highest BCUT2D eigenvalue weighted by Crippen LogP contribution is 2.27. The van der Waals surface area contributed by atoms with Gasteiger partial charge in [0.05, 0.1) is 155 Å². The number of carbonyl (C=O) groups excluding carboxylic acids is 4. The number of hydrogen-bond donors (Lipinski definition) is 17. The molecule has 4 amide bonds. The van der Waals surface area contributed by atoms with E-state index in [9.17, 15) is 90.4 Å².